The highest BCUT2D eigenvalue weighted by Gasteiger charge is 2.30. The van der Waals surface area contributed by atoms with Crippen LogP contribution in [0.15, 0.2) is 23.1 Å². The van der Waals surface area contributed by atoms with E-state index in [1.807, 2.05) is 6.92 Å². The van der Waals surface area contributed by atoms with Crippen molar-refractivity contribution < 1.29 is 17.9 Å². The number of benzene rings is 1. The summed E-state index contributed by atoms with van der Waals surface area (Å²) in [4.78, 5) is 11.6. The molecule has 7 heteroatoms. The fourth-order valence-corrected chi connectivity index (χ4v) is 4.07. The third-order valence-electron chi connectivity index (χ3n) is 3.54. The number of hydrogen-bond donors (Lipinski definition) is 1. The van der Waals surface area contributed by atoms with Crippen molar-refractivity contribution in [3.05, 3.63) is 23.8 Å². The largest absolute Gasteiger partial charge is 0.376 e. The van der Waals surface area contributed by atoms with Gasteiger partial charge in [-0.25, -0.2) is 8.42 Å². The summed E-state index contributed by atoms with van der Waals surface area (Å²) in [7, 11) is -3.52. The Labute approximate surface area is 117 Å². The number of anilines is 1. The molecule has 1 fully saturated rings. The molecule has 1 aromatic carbocycles. The molecule has 1 N–H and O–H groups in total. The predicted molar refractivity (Wildman–Crippen MR) is 72.9 cm³/mol. The van der Waals surface area contributed by atoms with E-state index in [0.29, 0.717) is 25.4 Å². The Morgan fingerprint density at radius 3 is 2.95 bits per heavy atom. The number of carbonyl (C=O) groups excluding carboxylic acids is 1. The molecule has 2 heterocycles. The lowest BCUT2D eigenvalue weighted by Crippen LogP contribution is -2.44. The zero-order valence-electron chi connectivity index (χ0n) is 11.1. The van der Waals surface area contributed by atoms with Crippen LogP contribution in [0.1, 0.15) is 12.5 Å². The van der Waals surface area contributed by atoms with Gasteiger partial charge in [0, 0.05) is 18.8 Å². The van der Waals surface area contributed by atoms with Crippen molar-refractivity contribution in [2.45, 2.75) is 24.3 Å². The number of rotatable bonds is 2. The number of amides is 1. The predicted octanol–water partition coefficient (Wildman–Crippen LogP) is 0.591. The van der Waals surface area contributed by atoms with Gasteiger partial charge in [0.05, 0.1) is 24.0 Å². The minimum atomic E-state index is -3.52. The smallest absolute Gasteiger partial charge is 0.243 e. The zero-order valence-corrected chi connectivity index (χ0v) is 11.9. The molecule has 0 bridgehead atoms. The average molecular weight is 296 g/mol. The summed E-state index contributed by atoms with van der Waals surface area (Å²) in [5.41, 5.74) is 1.43. The molecular formula is C13H16N2O4S. The van der Waals surface area contributed by atoms with E-state index < -0.39 is 10.0 Å². The summed E-state index contributed by atoms with van der Waals surface area (Å²) in [5, 5.41) is 2.70. The van der Waals surface area contributed by atoms with Crippen LogP contribution >= 0.6 is 0 Å². The number of hydrogen-bond acceptors (Lipinski definition) is 4. The van der Waals surface area contributed by atoms with Gasteiger partial charge in [-0.3, -0.25) is 4.79 Å². The Balaban J connectivity index is 1.92. The first-order valence-corrected chi connectivity index (χ1v) is 7.95. The van der Waals surface area contributed by atoms with Crippen molar-refractivity contribution in [2.75, 3.05) is 25.0 Å². The Bertz CT molecular complexity index is 656. The van der Waals surface area contributed by atoms with Crippen molar-refractivity contribution >= 4 is 21.6 Å². The average Bonchev–Trinajstić information content (AvgIpc) is 2.77. The van der Waals surface area contributed by atoms with Crippen LogP contribution in [0, 0.1) is 0 Å². The van der Waals surface area contributed by atoms with E-state index in [4.69, 9.17) is 4.74 Å². The lowest BCUT2D eigenvalue weighted by Gasteiger charge is -2.30. The maximum atomic E-state index is 12.6. The summed E-state index contributed by atoms with van der Waals surface area (Å²) in [6.07, 6.45) is 0.134. The second-order valence-corrected chi connectivity index (χ2v) is 7.03. The van der Waals surface area contributed by atoms with Crippen molar-refractivity contribution in [1.29, 1.82) is 0 Å². The number of carbonyl (C=O) groups is 1. The van der Waals surface area contributed by atoms with Gasteiger partial charge in [0.1, 0.15) is 0 Å². The Hall–Kier alpha value is -1.44. The molecule has 1 unspecified atom stereocenters. The van der Waals surface area contributed by atoms with Gasteiger partial charge in [-0.15, -0.1) is 0 Å². The van der Waals surface area contributed by atoms with Crippen molar-refractivity contribution in [1.82, 2.24) is 4.31 Å². The molecule has 1 amide bonds. The fourth-order valence-electron chi connectivity index (χ4n) is 2.52. The first-order chi connectivity index (χ1) is 9.46. The van der Waals surface area contributed by atoms with Gasteiger partial charge in [0.15, 0.2) is 0 Å². The summed E-state index contributed by atoms with van der Waals surface area (Å²) >= 11 is 0. The number of sulfonamides is 1. The molecule has 0 spiro atoms. The molecule has 0 aromatic heterocycles. The molecule has 0 radical (unpaired) electrons. The fraction of sp³-hybridized carbons (Fsp3) is 0.462. The quantitative estimate of drug-likeness (QED) is 0.866. The molecule has 2 aliphatic rings. The van der Waals surface area contributed by atoms with Crippen LogP contribution in [0.25, 0.3) is 0 Å². The molecule has 0 saturated carbocycles. The summed E-state index contributed by atoms with van der Waals surface area (Å²) < 4.78 is 32.0. The summed E-state index contributed by atoms with van der Waals surface area (Å²) in [6, 6.07) is 4.78. The molecule has 2 aliphatic heterocycles. The van der Waals surface area contributed by atoms with Crippen molar-refractivity contribution in [2.24, 2.45) is 0 Å². The van der Waals surface area contributed by atoms with E-state index in [1.54, 1.807) is 18.2 Å². The van der Waals surface area contributed by atoms with Crippen LogP contribution < -0.4 is 5.32 Å². The summed E-state index contributed by atoms with van der Waals surface area (Å²) in [6.45, 7) is 2.98. The normalized spacial score (nSPS) is 23.4. The van der Waals surface area contributed by atoms with Crippen molar-refractivity contribution in [3.8, 4) is 0 Å². The summed E-state index contributed by atoms with van der Waals surface area (Å²) in [5.74, 6) is -0.102. The monoisotopic (exact) mass is 296 g/mol. The minimum absolute atomic E-state index is 0.101. The van der Waals surface area contributed by atoms with E-state index in [2.05, 4.69) is 5.32 Å². The van der Waals surface area contributed by atoms with Crippen LogP contribution in [0.4, 0.5) is 5.69 Å². The SMILES string of the molecule is CC1CN(S(=O)(=O)c2ccc3c(c2)CC(=O)N3)CCO1. The topological polar surface area (TPSA) is 75.7 Å². The first kappa shape index (κ1) is 13.5. The molecule has 0 aliphatic carbocycles. The van der Waals surface area contributed by atoms with Gasteiger partial charge in [-0.2, -0.15) is 4.31 Å². The second kappa shape index (κ2) is 4.83. The number of ether oxygens (including phenoxy) is 1. The molecular weight excluding hydrogens is 280 g/mol. The highest BCUT2D eigenvalue weighted by molar-refractivity contribution is 7.89. The Morgan fingerprint density at radius 1 is 1.40 bits per heavy atom. The number of nitrogens with one attached hydrogen (secondary N) is 1. The molecule has 3 rings (SSSR count). The third-order valence-corrected chi connectivity index (χ3v) is 5.40. The van der Waals surface area contributed by atoms with Crippen LogP contribution in [0.5, 0.6) is 0 Å². The highest BCUT2D eigenvalue weighted by atomic mass is 32.2. The van der Waals surface area contributed by atoms with Crippen molar-refractivity contribution in [3.63, 3.8) is 0 Å². The van der Waals surface area contributed by atoms with Gasteiger partial charge < -0.3 is 10.1 Å². The molecule has 6 nitrogen and oxygen atoms in total. The van der Waals surface area contributed by atoms with Gasteiger partial charge in [0.25, 0.3) is 0 Å². The van der Waals surface area contributed by atoms with E-state index in [1.165, 1.54) is 4.31 Å². The Morgan fingerprint density at radius 2 is 2.20 bits per heavy atom. The molecule has 108 valence electrons. The van der Waals surface area contributed by atoms with Crippen LogP contribution in [0.2, 0.25) is 0 Å². The minimum Gasteiger partial charge on any atom is -0.376 e. The number of morpholine rings is 1. The zero-order chi connectivity index (χ0) is 14.3. The standard InChI is InChI=1S/C13H16N2O4S/c1-9-8-15(4-5-19-9)20(17,18)11-2-3-12-10(6-11)7-13(16)14-12/h2-3,6,9H,4-5,7-8H2,1H3,(H,14,16). The molecule has 1 aromatic rings. The van der Waals surface area contributed by atoms with Gasteiger partial charge in [-0.1, -0.05) is 0 Å². The lowest BCUT2D eigenvalue weighted by atomic mass is 10.2. The maximum absolute atomic E-state index is 12.6. The van der Waals surface area contributed by atoms with Crippen LogP contribution in [-0.2, 0) is 26.0 Å². The van der Waals surface area contributed by atoms with Gasteiger partial charge in [-0.05, 0) is 30.7 Å². The second-order valence-electron chi connectivity index (χ2n) is 5.09. The van der Waals surface area contributed by atoms with Crippen LogP contribution in [-0.4, -0.2) is 44.4 Å². The van der Waals surface area contributed by atoms with Gasteiger partial charge >= 0.3 is 0 Å². The van der Waals surface area contributed by atoms with Gasteiger partial charge in [0.2, 0.25) is 15.9 Å². The maximum Gasteiger partial charge on any atom is 0.243 e. The van der Waals surface area contributed by atoms with E-state index in [9.17, 15) is 13.2 Å². The Kier molecular flexibility index (Phi) is 3.27. The lowest BCUT2D eigenvalue weighted by molar-refractivity contribution is -0.115. The van der Waals surface area contributed by atoms with E-state index in [-0.39, 0.29) is 23.3 Å². The third kappa shape index (κ3) is 2.32. The van der Waals surface area contributed by atoms with Crippen LogP contribution in [0.3, 0.4) is 0 Å². The number of fused-ring (bicyclic) bond motifs is 1. The van der Waals surface area contributed by atoms with E-state index in [0.717, 1.165) is 5.56 Å². The highest BCUT2D eigenvalue weighted by Crippen LogP contribution is 2.27. The first-order valence-electron chi connectivity index (χ1n) is 6.51. The molecule has 20 heavy (non-hydrogen) atoms. The number of nitrogens with zero attached hydrogens (tertiary/aromatic N) is 1. The van der Waals surface area contributed by atoms with E-state index >= 15 is 0 Å². The molecule has 1 atom stereocenters. The molecule has 1 saturated heterocycles.